The minimum atomic E-state index is -4.78. The van der Waals surface area contributed by atoms with Crippen molar-refractivity contribution in [3.63, 3.8) is 0 Å². The Bertz CT molecular complexity index is 1310. The smallest absolute Gasteiger partial charge is 0.417 e. The topological polar surface area (TPSA) is 88.4 Å². The third-order valence-electron chi connectivity index (χ3n) is 7.03. The number of carbonyl (C=O) groups excluding carboxylic acids is 1. The third-order valence-corrected chi connectivity index (χ3v) is 7.93. The van der Waals surface area contributed by atoms with E-state index >= 15 is 0 Å². The fourth-order valence-corrected chi connectivity index (χ4v) is 5.48. The molecule has 0 spiro atoms. The van der Waals surface area contributed by atoms with E-state index in [2.05, 4.69) is 21.8 Å². The maximum Gasteiger partial charge on any atom is 0.417 e. The van der Waals surface area contributed by atoms with Gasteiger partial charge >= 0.3 is 6.18 Å². The Kier molecular flexibility index (Phi) is 8.70. The minimum Gasteiger partial charge on any atom is -0.481 e. The van der Waals surface area contributed by atoms with Crippen LogP contribution in [0.3, 0.4) is 0 Å². The summed E-state index contributed by atoms with van der Waals surface area (Å²) in [7, 11) is 1.52. The molecular formula is C28H31F3N4O3S. The van der Waals surface area contributed by atoms with Gasteiger partial charge in [0.25, 0.3) is 0 Å². The maximum absolute atomic E-state index is 13.6. The van der Waals surface area contributed by atoms with Gasteiger partial charge in [-0.3, -0.25) is 4.79 Å². The van der Waals surface area contributed by atoms with Crippen molar-refractivity contribution < 1.29 is 27.8 Å². The number of rotatable bonds is 11. The first-order chi connectivity index (χ1) is 18.5. The molecule has 1 saturated carbocycles. The summed E-state index contributed by atoms with van der Waals surface area (Å²) in [6.07, 6.45) is -0.443. The number of hydrogen-bond donors (Lipinski definition) is 1. The van der Waals surface area contributed by atoms with Crippen LogP contribution in [-0.2, 0) is 11.2 Å². The number of benzene rings is 1. The summed E-state index contributed by atoms with van der Waals surface area (Å²) in [5.41, 5.74) is -0.652. The van der Waals surface area contributed by atoms with Gasteiger partial charge < -0.3 is 14.7 Å². The molecule has 1 fully saturated rings. The molecule has 1 amide bonds. The van der Waals surface area contributed by atoms with Crippen molar-refractivity contribution in [2.45, 2.75) is 50.8 Å². The van der Waals surface area contributed by atoms with Gasteiger partial charge in [-0.15, -0.1) is 28.1 Å². The normalized spacial score (nSPS) is 19.7. The van der Waals surface area contributed by atoms with Gasteiger partial charge in [0.2, 0.25) is 11.8 Å². The Morgan fingerprint density at radius 1 is 1.28 bits per heavy atom. The highest BCUT2D eigenvalue weighted by atomic mass is 32.1. The summed E-state index contributed by atoms with van der Waals surface area (Å²) >= 11 is 1.54. The second-order valence-corrected chi connectivity index (χ2v) is 11.1. The van der Waals surface area contributed by atoms with Crippen LogP contribution >= 0.6 is 11.3 Å². The lowest BCUT2D eigenvalue weighted by molar-refractivity contribution is -0.295. The molecule has 208 valence electrons. The quantitative estimate of drug-likeness (QED) is 0.299. The largest absolute Gasteiger partial charge is 0.481 e. The van der Waals surface area contributed by atoms with Crippen molar-refractivity contribution in [2.75, 3.05) is 18.6 Å². The molecule has 1 unspecified atom stereocenters. The molecule has 7 nitrogen and oxygen atoms in total. The average molecular weight is 561 g/mol. The third kappa shape index (κ3) is 6.65. The van der Waals surface area contributed by atoms with Crippen molar-refractivity contribution in [3.8, 4) is 17.0 Å². The highest BCUT2D eigenvalue weighted by Gasteiger charge is 2.63. The molecule has 2 heterocycles. The summed E-state index contributed by atoms with van der Waals surface area (Å²) in [4.78, 5) is 19.3. The molecule has 1 aromatic carbocycles. The number of halogens is 3. The Morgan fingerprint density at radius 3 is 2.67 bits per heavy atom. The predicted molar refractivity (Wildman–Crippen MR) is 144 cm³/mol. The van der Waals surface area contributed by atoms with Gasteiger partial charge in [-0.2, -0.15) is 13.2 Å². The molecule has 0 saturated heterocycles. The first kappa shape index (κ1) is 28.7. The zero-order valence-corrected chi connectivity index (χ0v) is 22.6. The molecule has 3 aromatic rings. The van der Waals surface area contributed by atoms with Crippen LogP contribution in [0.4, 0.5) is 18.9 Å². The molecular weight excluding hydrogens is 529 g/mol. The monoisotopic (exact) mass is 560 g/mol. The Labute approximate surface area is 229 Å². The molecule has 39 heavy (non-hydrogen) atoms. The fraction of sp³-hybridized carbons (Fsp3) is 0.429. The molecule has 2 aromatic heterocycles. The van der Waals surface area contributed by atoms with Gasteiger partial charge in [-0.05, 0) is 67.9 Å². The average Bonchev–Trinajstić information content (AvgIpc) is 3.32. The van der Waals surface area contributed by atoms with Gasteiger partial charge in [0.05, 0.1) is 7.11 Å². The lowest BCUT2D eigenvalue weighted by atomic mass is 9.69. The first-order valence-electron chi connectivity index (χ1n) is 12.7. The van der Waals surface area contributed by atoms with Crippen molar-refractivity contribution >= 4 is 22.9 Å². The molecule has 0 bridgehead atoms. The van der Waals surface area contributed by atoms with E-state index in [1.54, 1.807) is 30.5 Å². The number of anilines is 1. The maximum atomic E-state index is 13.6. The summed E-state index contributed by atoms with van der Waals surface area (Å²) in [5, 5.41) is 20.0. The SMILES string of the molecule is C=CC(CCCc1nnc(C)s1)CN(C(=O)C1CC(O)(C(F)(F)F)C1)c1cccc(-c2ccnc(OC)c2)c1. The Balaban J connectivity index is 1.56. The van der Waals surface area contributed by atoms with E-state index in [0.717, 1.165) is 34.0 Å². The number of methoxy groups -OCH3 is 1. The lowest BCUT2D eigenvalue weighted by Crippen LogP contribution is -2.59. The molecule has 1 N–H and O–H groups in total. The molecule has 1 aliphatic carbocycles. The summed E-state index contributed by atoms with van der Waals surface area (Å²) in [6, 6.07) is 10.8. The second kappa shape index (κ2) is 11.8. The van der Waals surface area contributed by atoms with Crippen LogP contribution in [-0.4, -0.2) is 51.6 Å². The molecule has 0 radical (unpaired) electrons. The molecule has 4 rings (SSSR count). The van der Waals surface area contributed by atoms with Crippen molar-refractivity contribution in [2.24, 2.45) is 11.8 Å². The molecule has 1 aliphatic rings. The van der Waals surface area contributed by atoms with E-state index in [4.69, 9.17) is 4.74 Å². The first-order valence-corrected chi connectivity index (χ1v) is 13.5. The van der Waals surface area contributed by atoms with E-state index in [0.29, 0.717) is 18.0 Å². The summed E-state index contributed by atoms with van der Waals surface area (Å²) < 4.78 is 45.1. The Morgan fingerprint density at radius 2 is 2.03 bits per heavy atom. The van der Waals surface area contributed by atoms with Gasteiger partial charge in [0.1, 0.15) is 10.0 Å². The number of hydrogen-bond acceptors (Lipinski definition) is 7. The van der Waals surface area contributed by atoms with Crippen molar-refractivity contribution in [1.82, 2.24) is 15.2 Å². The number of carbonyl (C=O) groups is 1. The lowest BCUT2D eigenvalue weighted by Gasteiger charge is -2.45. The van der Waals surface area contributed by atoms with Crippen LogP contribution in [0.25, 0.3) is 11.1 Å². The highest BCUT2D eigenvalue weighted by molar-refractivity contribution is 7.11. The number of pyridine rings is 1. The number of aromatic nitrogens is 3. The number of ether oxygens (including phenoxy) is 1. The van der Waals surface area contributed by atoms with Crippen LogP contribution < -0.4 is 9.64 Å². The number of aryl methyl sites for hydroxylation is 2. The van der Waals surface area contributed by atoms with E-state index < -0.39 is 36.4 Å². The van der Waals surface area contributed by atoms with Crippen LogP contribution in [0.1, 0.15) is 35.7 Å². The van der Waals surface area contributed by atoms with Crippen molar-refractivity contribution in [1.29, 1.82) is 0 Å². The van der Waals surface area contributed by atoms with Gasteiger partial charge in [-0.25, -0.2) is 4.98 Å². The zero-order valence-electron chi connectivity index (χ0n) is 21.8. The van der Waals surface area contributed by atoms with Crippen LogP contribution in [0.5, 0.6) is 5.88 Å². The van der Waals surface area contributed by atoms with E-state index in [-0.39, 0.29) is 12.5 Å². The standard InChI is InChI=1S/C28H31F3N4O3S/c1-4-19(7-5-10-25-34-33-18(2)39-25)17-35(26(36)22-15-27(37,16-22)28(29,30)31)23-9-6-8-20(13-23)21-11-12-32-24(14-21)38-3/h4,6,8-9,11-14,19,22,37H,1,5,7,10,15-17H2,2-3H3. The van der Waals surface area contributed by atoms with Crippen LogP contribution in [0.15, 0.2) is 55.3 Å². The van der Waals surface area contributed by atoms with E-state index in [1.807, 2.05) is 25.1 Å². The Hall–Kier alpha value is -3.31. The van der Waals surface area contributed by atoms with Crippen molar-refractivity contribution in [3.05, 3.63) is 65.3 Å². The van der Waals surface area contributed by atoms with Crippen LogP contribution in [0, 0.1) is 18.8 Å². The highest BCUT2D eigenvalue weighted by Crippen LogP contribution is 2.49. The molecule has 11 heteroatoms. The van der Waals surface area contributed by atoms with E-state index in [9.17, 15) is 23.1 Å². The van der Waals surface area contributed by atoms with Crippen LogP contribution in [0.2, 0.25) is 0 Å². The minimum absolute atomic E-state index is 0.103. The van der Waals surface area contributed by atoms with Gasteiger partial charge in [0, 0.05) is 36.8 Å². The number of amides is 1. The van der Waals surface area contributed by atoms with E-state index in [1.165, 1.54) is 23.3 Å². The molecule has 0 aliphatic heterocycles. The number of nitrogens with zero attached hydrogens (tertiary/aromatic N) is 4. The van der Waals surface area contributed by atoms with Gasteiger partial charge in [-0.1, -0.05) is 18.2 Å². The fourth-order valence-electron chi connectivity index (χ4n) is 4.73. The van der Waals surface area contributed by atoms with Gasteiger partial charge in [0.15, 0.2) is 5.60 Å². The predicted octanol–water partition coefficient (Wildman–Crippen LogP) is 5.78. The molecule has 1 atom stereocenters. The number of alkyl halides is 3. The summed E-state index contributed by atoms with van der Waals surface area (Å²) in [5.74, 6) is -1.05. The number of aliphatic hydroxyl groups is 1. The zero-order chi connectivity index (χ0) is 28.2. The summed E-state index contributed by atoms with van der Waals surface area (Å²) in [6.45, 7) is 6.09. The second-order valence-electron chi connectivity index (χ2n) is 9.82.